The molecule has 0 aromatic heterocycles. The molecule has 0 spiro atoms. The summed E-state index contributed by atoms with van der Waals surface area (Å²) in [5, 5.41) is 0. The molecule has 120 valence electrons. The van der Waals surface area contributed by atoms with Gasteiger partial charge >= 0.3 is 12.1 Å². The Morgan fingerprint density at radius 1 is 1.30 bits per heavy atom. The minimum atomic E-state index is -0.637. The predicted molar refractivity (Wildman–Crippen MR) is 84.2 cm³/mol. The SMILES string of the molecule is C[C@@H]1C(=O)OC(C2C=CC=CC2)N1C(=O)OCc1ccccc1. The summed E-state index contributed by atoms with van der Waals surface area (Å²) < 4.78 is 10.8. The van der Waals surface area contributed by atoms with Gasteiger partial charge in [-0.25, -0.2) is 9.59 Å². The van der Waals surface area contributed by atoms with Gasteiger partial charge in [-0.2, -0.15) is 0 Å². The van der Waals surface area contributed by atoms with Crippen molar-refractivity contribution in [3.8, 4) is 0 Å². The second-order valence-electron chi connectivity index (χ2n) is 5.66. The number of nitrogens with zero attached hydrogens (tertiary/aromatic N) is 1. The van der Waals surface area contributed by atoms with Gasteiger partial charge in [-0.05, 0) is 18.9 Å². The van der Waals surface area contributed by atoms with Gasteiger partial charge in [0, 0.05) is 5.92 Å². The van der Waals surface area contributed by atoms with E-state index < -0.39 is 24.3 Å². The monoisotopic (exact) mass is 313 g/mol. The molecule has 1 fully saturated rings. The van der Waals surface area contributed by atoms with Crippen LogP contribution in [-0.4, -0.2) is 29.2 Å². The van der Waals surface area contributed by atoms with Gasteiger partial charge in [-0.3, -0.25) is 4.90 Å². The summed E-state index contributed by atoms with van der Waals surface area (Å²) in [6, 6.07) is 8.80. The highest BCUT2D eigenvalue weighted by atomic mass is 16.6. The van der Waals surface area contributed by atoms with Crippen LogP contribution in [-0.2, 0) is 20.9 Å². The maximum absolute atomic E-state index is 12.5. The number of amides is 1. The van der Waals surface area contributed by atoms with Crippen molar-refractivity contribution < 1.29 is 19.1 Å². The Labute approximate surface area is 135 Å². The van der Waals surface area contributed by atoms with Crippen LogP contribution in [0.15, 0.2) is 54.6 Å². The molecule has 2 aliphatic rings. The van der Waals surface area contributed by atoms with E-state index >= 15 is 0 Å². The number of allylic oxidation sites excluding steroid dienone is 3. The van der Waals surface area contributed by atoms with Crippen molar-refractivity contribution in [2.75, 3.05) is 0 Å². The minimum Gasteiger partial charge on any atom is -0.444 e. The number of hydrogen-bond acceptors (Lipinski definition) is 4. The van der Waals surface area contributed by atoms with Gasteiger partial charge in [0.15, 0.2) is 6.23 Å². The number of ether oxygens (including phenoxy) is 2. The van der Waals surface area contributed by atoms with E-state index in [1.807, 2.05) is 54.6 Å². The highest BCUT2D eigenvalue weighted by Gasteiger charge is 2.46. The molecule has 5 nitrogen and oxygen atoms in total. The number of benzene rings is 1. The van der Waals surface area contributed by atoms with Gasteiger partial charge in [0.05, 0.1) is 0 Å². The summed E-state index contributed by atoms with van der Waals surface area (Å²) >= 11 is 0. The van der Waals surface area contributed by atoms with Crippen LogP contribution in [0.5, 0.6) is 0 Å². The van der Waals surface area contributed by atoms with Crippen molar-refractivity contribution in [1.29, 1.82) is 0 Å². The van der Waals surface area contributed by atoms with E-state index in [1.165, 1.54) is 4.90 Å². The summed E-state index contributed by atoms with van der Waals surface area (Å²) in [6.45, 7) is 1.83. The third-order valence-corrected chi connectivity index (χ3v) is 4.07. The number of carbonyl (C=O) groups excluding carboxylic acids is 2. The molecular weight excluding hydrogens is 294 g/mol. The van der Waals surface area contributed by atoms with Crippen LogP contribution < -0.4 is 0 Å². The second-order valence-corrected chi connectivity index (χ2v) is 5.66. The largest absolute Gasteiger partial charge is 0.444 e. The van der Waals surface area contributed by atoms with Crippen LogP contribution in [0.2, 0.25) is 0 Å². The molecule has 0 N–H and O–H groups in total. The fourth-order valence-corrected chi connectivity index (χ4v) is 2.77. The smallest absolute Gasteiger partial charge is 0.413 e. The summed E-state index contributed by atoms with van der Waals surface area (Å²) in [6.07, 6.45) is 7.38. The van der Waals surface area contributed by atoms with Crippen molar-refractivity contribution in [2.24, 2.45) is 5.92 Å². The lowest BCUT2D eigenvalue weighted by Crippen LogP contribution is -2.44. The summed E-state index contributed by atoms with van der Waals surface area (Å²) in [7, 11) is 0. The quantitative estimate of drug-likeness (QED) is 0.805. The summed E-state index contributed by atoms with van der Waals surface area (Å²) in [4.78, 5) is 25.8. The maximum atomic E-state index is 12.5. The molecule has 1 saturated heterocycles. The minimum absolute atomic E-state index is 0.0434. The number of carbonyl (C=O) groups is 2. The Hall–Kier alpha value is -2.56. The van der Waals surface area contributed by atoms with E-state index in [1.54, 1.807) is 6.92 Å². The second kappa shape index (κ2) is 6.69. The molecule has 1 aromatic rings. The fraction of sp³-hybridized carbons (Fsp3) is 0.333. The first-order chi connectivity index (χ1) is 11.2. The zero-order valence-electron chi connectivity index (χ0n) is 12.9. The Kier molecular flexibility index (Phi) is 4.46. The lowest BCUT2D eigenvalue weighted by Gasteiger charge is -2.28. The number of hydrogen-bond donors (Lipinski definition) is 0. The molecule has 1 aliphatic heterocycles. The first-order valence-electron chi connectivity index (χ1n) is 7.69. The number of rotatable bonds is 3. The third kappa shape index (κ3) is 3.28. The van der Waals surface area contributed by atoms with E-state index in [-0.39, 0.29) is 12.5 Å². The van der Waals surface area contributed by atoms with Crippen LogP contribution in [0.25, 0.3) is 0 Å². The predicted octanol–water partition coefficient (Wildman–Crippen LogP) is 3.03. The van der Waals surface area contributed by atoms with Gasteiger partial charge in [0.1, 0.15) is 12.6 Å². The van der Waals surface area contributed by atoms with Crippen LogP contribution in [0.1, 0.15) is 18.9 Å². The molecule has 0 saturated carbocycles. The van der Waals surface area contributed by atoms with Gasteiger partial charge < -0.3 is 9.47 Å². The van der Waals surface area contributed by atoms with Gasteiger partial charge in [0.2, 0.25) is 0 Å². The Morgan fingerprint density at radius 3 is 2.78 bits per heavy atom. The highest BCUT2D eigenvalue weighted by Crippen LogP contribution is 2.29. The van der Waals surface area contributed by atoms with Crippen molar-refractivity contribution >= 4 is 12.1 Å². The van der Waals surface area contributed by atoms with E-state index in [4.69, 9.17) is 9.47 Å². The molecule has 0 radical (unpaired) electrons. The summed E-state index contributed by atoms with van der Waals surface area (Å²) in [5.41, 5.74) is 0.900. The lowest BCUT2D eigenvalue weighted by molar-refractivity contribution is -0.143. The molecule has 2 unspecified atom stereocenters. The van der Waals surface area contributed by atoms with Crippen molar-refractivity contribution in [3.63, 3.8) is 0 Å². The van der Waals surface area contributed by atoms with E-state index in [0.29, 0.717) is 0 Å². The molecule has 0 bridgehead atoms. The molecule has 23 heavy (non-hydrogen) atoms. The van der Waals surface area contributed by atoms with E-state index in [0.717, 1.165) is 12.0 Å². The van der Waals surface area contributed by atoms with Crippen LogP contribution in [0.4, 0.5) is 4.79 Å². The average Bonchev–Trinajstić information content (AvgIpc) is 2.90. The molecule has 1 amide bonds. The van der Waals surface area contributed by atoms with Gasteiger partial charge in [-0.15, -0.1) is 0 Å². The van der Waals surface area contributed by atoms with Crippen LogP contribution in [0, 0.1) is 5.92 Å². The van der Waals surface area contributed by atoms with Crippen molar-refractivity contribution in [3.05, 3.63) is 60.2 Å². The topological polar surface area (TPSA) is 55.8 Å². The zero-order valence-corrected chi connectivity index (χ0v) is 12.9. The van der Waals surface area contributed by atoms with Crippen molar-refractivity contribution in [1.82, 2.24) is 4.90 Å². The number of esters is 1. The molecule has 3 atom stereocenters. The standard InChI is InChI=1S/C18H19NO4/c1-13-17(20)23-16(15-10-6-3-7-11-15)19(13)18(21)22-12-14-8-4-2-5-9-14/h2-10,13,15-16H,11-12H2,1H3/t13-,15?,16?/m1/s1. The first kappa shape index (κ1) is 15.3. The molecule has 3 rings (SSSR count). The average molecular weight is 313 g/mol. The van der Waals surface area contributed by atoms with E-state index in [9.17, 15) is 9.59 Å². The van der Waals surface area contributed by atoms with Crippen LogP contribution in [0.3, 0.4) is 0 Å². The molecule has 5 heteroatoms. The van der Waals surface area contributed by atoms with E-state index in [2.05, 4.69) is 0 Å². The van der Waals surface area contributed by atoms with Gasteiger partial charge in [-0.1, -0.05) is 54.6 Å². The molecule has 1 heterocycles. The Balaban J connectivity index is 1.69. The highest BCUT2D eigenvalue weighted by molar-refractivity contribution is 5.84. The maximum Gasteiger partial charge on any atom is 0.413 e. The molecular formula is C18H19NO4. The zero-order chi connectivity index (χ0) is 16.2. The third-order valence-electron chi connectivity index (χ3n) is 4.07. The normalized spacial score (nSPS) is 26.2. The van der Waals surface area contributed by atoms with Gasteiger partial charge in [0.25, 0.3) is 0 Å². The lowest BCUT2D eigenvalue weighted by atomic mass is 9.98. The molecule has 1 aromatic carbocycles. The first-order valence-corrected chi connectivity index (χ1v) is 7.69. The van der Waals surface area contributed by atoms with Crippen LogP contribution >= 0.6 is 0 Å². The van der Waals surface area contributed by atoms with Crippen molar-refractivity contribution in [2.45, 2.75) is 32.2 Å². The fourth-order valence-electron chi connectivity index (χ4n) is 2.77. The number of cyclic esters (lactones) is 1. The Bertz CT molecular complexity index is 638. The Morgan fingerprint density at radius 2 is 2.09 bits per heavy atom. The summed E-state index contributed by atoms with van der Waals surface area (Å²) in [5.74, 6) is -0.437. The molecule has 1 aliphatic carbocycles.